The second-order valence-corrected chi connectivity index (χ2v) is 8.96. The van der Waals surface area contributed by atoms with Gasteiger partial charge in [-0.2, -0.15) is 13.2 Å². The van der Waals surface area contributed by atoms with Crippen molar-refractivity contribution in [1.29, 1.82) is 0 Å². The Balaban J connectivity index is 1.45. The molecule has 2 heterocycles. The average Bonchev–Trinajstić information content (AvgIpc) is 3.43. The number of hydrogen-bond acceptors (Lipinski definition) is 4. The standard InChI is InChI=1S/C21H25F3N4O2/c22-21(23,24)20(27-17(29)9-8-12-4-1-2-5-12)18(30)26-19-25-15-10-13-6-3-7-14(13)11-16(15)28(19)20/h11-12,15H,1-10H2,(H,27,29)(H,25,26,30). The molecule has 30 heavy (non-hydrogen) atoms. The maximum atomic E-state index is 14.4. The smallest absolute Gasteiger partial charge is 0.317 e. The zero-order chi connectivity index (χ0) is 21.1. The van der Waals surface area contributed by atoms with Crippen LogP contribution in [-0.2, 0) is 9.59 Å². The van der Waals surface area contributed by atoms with E-state index in [4.69, 9.17) is 0 Å². The van der Waals surface area contributed by atoms with Gasteiger partial charge < -0.3 is 5.32 Å². The molecule has 1 saturated carbocycles. The molecule has 6 nitrogen and oxygen atoms in total. The lowest BCUT2D eigenvalue weighted by Gasteiger charge is -2.38. The van der Waals surface area contributed by atoms with Crippen molar-refractivity contribution in [2.45, 2.75) is 82.1 Å². The van der Waals surface area contributed by atoms with Gasteiger partial charge in [-0.25, -0.2) is 4.99 Å². The van der Waals surface area contributed by atoms with Crippen LogP contribution >= 0.6 is 0 Å². The highest BCUT2D eigenvalue weighted by Gasteiger charge is 2.72. The number of hydrogen-bond donors (Lipinski definition) is 2. The van der Waals surface area contributed by atoms with Crippen LogP contribution in [0.1, 0.15) is 64.2 Å². The zero-order valence-corrected chi connectivity index (χ0v) is 16.6. The van der Waals surface area contributed by atoms with E-state index in [2.05, 4.69) is 15.6 Å². The molecule has 5 rings (SSSR count). The van der Waals surface area contributed by atoms with E-state index < -0.39 is 29.7 Å². The second kappa shape index (κ2) is 6.85. The minimum absolute atomic E-state index is 0.0200. The topological polar surface area (TPSA) is 73.8 Å². The van der Waals surface area contributed by atoms with Crippen LogP contribution in [0.2, 0.25) is 0 Å². The summed E-state index contributed by atoms with van der Waals surface area (Å²) in [7, 11) is 0. The molecule has 0 radical (unpaired) electrons. The fraction of sp³-hybridized carbons (Fsp3) is 0.667. The minimum Gasteiger partial charge on any atom is -0.317 e. The Morgan fingerprint density at radius 3 is 2.77 bits per heavy atom. The Bertz CT molecular complexity index is 885. The van der Waals surface area contributed by atoms with Crippen molar-refractivity contribution in [3.8, 4) is 0 Å². The number of amides is 2. The third kappa shape index (κ3) is 2.88. The highest BCUT2D eigenvalue weighted by atomic mass is 19.4. The summed E-state index contributed by atoms with van der Waals surface area (Å²) in [5.74, 6) is -1.80. The molecule has 0 aromatic carbocycles. The third-order valence-electron chi connectivity index (χ3n) is 7.10. The summed E-state index contributed by atoms with van der Waals surface area (Å²) in [6.07, 6.45) is 4.80. The predicted octanol–water partition coefficient (Wildman–Crippen LogP) is 3.27. The van der Waals surface area contributed by atoms with E-state index in [-0.39, 0.29) is 12.4 Å². The lowest BCUT2D eigenvalue weighted by atomic mass is 9.92. The van der Waals surface area contributed by atoms with Crippen molar-refractivity contribution in [2.75, 3.05) is 0 Å². The molecule has 2 atom stereocenters. The predicted molar refractivity (Wildman–Crippen MR) is 103 cm³/mol. The number of aliphatic imine (C=N–C) groups is 1. The Labute approximate surface area is 172 Å². The Morgan fingerprint density at radius 1 is 1.27 bits per heavy atom. The van der Waals surface area contributed by atoms with Gasteiger partial charge in [-0.15, -0.1) is 0 Å². The number of alkyl halides is 3. The molecule has 5 aliphatic rings. The molecule has 162 valence electrons. The van der Waals surface area contributed by atoms with E-state index in [1.165, 1.54) is 5.57 Å². The normalized spacial score (nSPS) is 30.7. The summed E-state index contributed by atoms with van der Waals surface area (Å²) < 4.78 is 43.3. The number of allylic oxidation sites excluding steroid dienone is 2. The zero-order valence-electron chi connectivity index (χ0n) is 16.6. The average molecular weight is 422 g/mol. The fourth-order valence-corrected chi connectivity index (χ4v) is 5.57. The summed E-state index contributed by atoms with van der Waals surface area (Å²) in [6, 6.07) is -0.449. The highest BCUT2D eigenvalue weighted by molar-refractivity contribution is 6.12. The molecular weight excluding hydrogens is 397 g/mol. The van der Waals surface area contributed by atoms with Crippen molar-refractivity contribution >= 4 is 17.8 Å². The van der Waals surface area contributed by atoms with Gasteiger partial charge in [0, 0.05) is 12.1 Å². The van der Waals surface area contributed by atoms with E-state index in [0.29, 0.717) is 24.5 Å². The number of guanidine groups is 1. The van der Waals surface area contributed by atoms with Crippen molar-refractivity contribution in [2.24, 2.45) is 10.9 Å². The van der Waals surface area contributed by atoms with Crippen LogP contribution in [0.3, 0.4) is 0 Å². The first-order valence-corrected chi connectivity index (χ1v) is 10.8. The molecule has 9 heteroatoms. The van der Waals surface area contributed by atoms with Gasteiger partial charge in [0.25, 0.3) is 11.6 Å². The molecule has 2 fully saturated rings. The Kier molecular flexibility index (Phi) is 4.48. The molecule has 3 aliphatic carbocycles. The van der Waals surface area contributed by atoms with Gasteiger partial charge in [0.1, 0.15) is 0 Å². The number of nitrogens with zero attached hydrogens (tertiary/aromatic N) is 2. The largest absolute Gasteiger partial charge is 0.440 e. The quantitative estimate of drug-likeness (QED) is 0.730. The van der Waals surface area contributed by atoms with Crippen molar-refractivity contribution in [3.05, 3.63) is 22.9 Å². The molecule has 0 aromatic heterocycles. The van der Waals surface area contributed by atoms with Gasteiger partial charge in [-0.3, -0.25) is 19.8 Å². The monoisotopic (exact) mass is 422 g/mol. The van der Waals surface area contributed by atoms with Gasteiger partial charge >= 0.3 is 6.18 Å². The van der Waals surface area contributed by atoms with Gasteiger partial charge in [0.15, 0.2) is 0 Å². The Morgan fingerprint density at radius 2 is 2.03 bits per heavy atom. The SMILES string of the molecule is O=C(CCC1CCCC1)NC1(C(F)(F)F)C(=O)NC2=NC3CC4=C(C=C3N21)CCC4. The summed E-state index contributed by atoms with van der Waals surface area (Å²) in [6.45, 7) is 0. The molecule has 2 aliphatic heterocycles. The van der Waals surface area contributed by atoms with Crippen LogP contribution in [0.15, 0.2) is 27.9 Å². The minimum atomic E-state index is -5.00. The second-order valence-electron chi connectivity index (χ2n) is 8.96. The molecule has 2 N–H and O–H groups in total. The number of fused-ring (bicyclic) bond motifs is 3. The lowest BCUT2D eigenvalue weighted by Crippen LogP contribution is -2.70. The summed E-state index contributed by atoms with van der Waals surface area (Å²) in [5.41, 5.74) is -0.521. The number of rotatable bonds is 4. The third-order valence-corrected chi connectivity index (χ3v) is 7.10. The summed E-state index contributed by atoms with van der Waals surface area (Å²) in [4.78, 5) is 30.5. The highest BCUT2D eigenvalue weighted by Crippen LogP contribution is 2.47. The van der Waals surface area contributed by atoms with Crippen molar-refractivity contribution in [1.82, 2.24) is 15.5 Å². The van der Waals surface area contributed by atoms with Gasteiger partial charge in [-0.1, -0.05) is 31.3 Å². The maximum absolute atomic E-state index is 14.4. The van der Waals surface area contributed by atoms with E-state index in [1.54, 1.807) is 6.08 Å². The van der Waals surface area contributed by atoms with E-state index in [1.807, 2.05) is 0 Å². The summed E-state index contributed by atoms with van der Waals surface area (Å²) in [5, 5.41) is 4.36. The first kappa shape index (κ1) is 19.6. The lowest BCUT2D eigenvalue weighted by molar-refractivity contribution is -0.219. The molecule has 1 saturated heterocycles. The van der Waals surface area contributed by atoms with Crippen molar-refractivity contribution < 1.29 is 22.8 Å². The van der Waals surface area contributed by atoms with Crippen LogP contribution < -0.4 is 10.6 Å². The number of carbonyl (C=O) groups excluding carboxylic acids is 2. The van der Waals surface area contributed by atoms with Crippen LogP contribution in [0.25, 0.3) is 0 Å². The van der Waals surface area contributed by atoms with Gasteiger partial charge in [0.05, 0.1) is 6.04 Å². The van der Waals surface area contributed by atoms with Crippen LogP contribution in [0.4, 0.5) is 13.2 Å². The maximum Gasteiger partial charge on any atom is 0.440 e. The molecular formula is C21H25F3N4O2. The van der Waals surface area contributed by atoms with E-state index in [0.717, 1.165) is 55.4 Å². The van der Waals surface area contributed by atoms with Crippen LogP contribution in [0.5, 0.6) is 0 Å². The molecule has 0 aromatic rings. The van der Waals surface area contributed by atoms with Gasteiger partial charge in [-0.05, 0) is 49.7 Å². The first-order chi connectivity index (χ1) is 14.3. The van der Waals surface area contributed by atoms with Crippen LogP contribution in [-0.4, -0.2) is 40.6 Å². The number of carbonyl (C=O) groups is 2. The number of halogens is 3. The molecule has 0 spiro atoms. The number of nitrogens with one attached hydrogen (secondary N) is 2. The molecule has 2 amide bonds. The van der Waals surface area contributed by atoms with Crippen molar-refractivity contribution in [3.63, 3.8) is 0 Å². The Hall–Kier alpha value is -2.32. The fourth-order valence-electron chi connectivity index (χ4n) is 5.57. The molecule has 0 bridgehead atoms. The molecule has 2 unspecified atom stereocenters. The van der Waals surface area contributed by atoms with Gasteiger partial charge in [0.2, 0.25) is 11.9 Å². The van der Waals surface area contributed by atoms with Crippen LogP contribution in [0, 0.1) is 5.92 Å². The first-order valence-electron chi connectivity index (χ1n) is 10.8. The van der Waals surface area contributed by atoms with E-state index >= 15 is 0 Å². The summed E-state index contributed by atoms with van der Waals surface area (Å²) >= 11 is 0. The van der Waals surface area contributed by atoms with E-state index in [9.17, 15) is 22.8 Å².